The second-order valence-corrected chi connectivity index (χ2v) is 5.03. The molecule has 3 heteroatoms. The van der Waals surface area contributed by atoms with Crippen LogP contribution in [-0.2, 0) is 6.42 Å². The summed E-state index contributed by atoms with van der Waals surface area (Å²) in [7, 11) is 2.02. The van der Waals surface area contributed by atoms with Crippen molar-refractivity contribution in [3.8, 4) is 0 Å². The summed E-state index contributed by atoms with van der Waals surface area (Å²) in [6.07, 6.45) is 2.48. The normalized spacial score (nSPS) is 14.8. The minimum Gasteiger partial charge on any atom is -0.395 e. The summed E-state index contributed by atoms with van der Waals surface area (Å²) in [5, 5.41) is 8.89. The summed E-state index contributed by atoms with van der Waals surface area (Å²) in [5.74, 6) is 1.25. The van der Waals surface area contributed by atoms with E-state index in [2.05, 4.69) is 23.1 Å². The minimum atomic E-state index is 0.211. The van der Waals surface area contributed by atoms with Gasteiger partial charge in [0.25, 0.3) is 0 Å². The Labute approximate surface area is 95.3 Å². The molecule has 2 nitrogen and oxygen atoms in total. The highest BCUT2D eigenvalue weighted by molar-refractivity contribution is 7.99. The molecule has 0 radical (unpaired) electrons. The van der Waals surface area contributed by atoms with Crippen LogP contribution >= 0.6 is 11.8 Å². The lowest BCUT2D eigenvalue weighted by Crippen LogP contribution is -2.21. The van der Waals surface area contributed by atoms with Gasteiger partial charge in [0.1, 0.15) is 0 Å². The quantitative estimate of drug-likeness (QED) is 0.849. The molecule has 0 unspecified atom stereocenters. The first-order chi connectivity index (χ1) is 7.31. The Morgan fingerprint density at radius 3 is 3.13 bits per heavy atom. The lowest BCUT2D eigenvalue weighted by atomic mass is 10.1. The SMILES string of the molecule is CN(CCO)c1ccc2c(c1)CCCS2. The molecule has 0 spiro atoms. The van der Waals surface area contributed by atoms with Crippen LogP contribution in [0.4, 0.5) is 5.69 Å². The third kappa shape index (κ3) is 2.47. The number of benzene rings is 1. The lowest BCUT2D eigenvalue weighted by molar-refractivity contribution is 0.304. The Morgan fingerprint density at radius 1 is 1.47 bits per heavy atom. The molecule has 82 valence electrons. The van der Waals surface area contributed by atoms with Gasteiger partial charge in [-0.05, 0) is 42.4 Å². The molecule has 0 saturated carbocycles. The van der Waals surface area contributed by atoms with E-state index >= 15 is 0 Å². The van der Waals surface area contributed by atoms with Crippen LogP contribution in [0.1, 0.15) is 12.0 Å². The van der Waals surface area contributed by atoms with E-state index in [4.69, 9.17) is 5.11 Å². The zero-order chi connectivity index (χ0) is 10.7. The number of thioether (sulfide) groups is 1. The van der Waals surface area contributed by atoms with Crippen LogP contribution in [-0.4, -0.2) is 31.1 Å². The Bertz CT molecular complexity index is 340. The minimum absolute atomic E-state index is 0.211. The van der Waals surface area contributed by atoms with Crippen LogP contribution < -0.4 is 4.90 Å². The average molecular weight is 223 g/mol. The molecule has 15 heavy (non-hydrogen) atoms. The molecule has 0 atom stereocenters. The van der Waals surface area contributed by atoms with Crippen LogP contribution in [0.5, 0.6) is 0 Å². The number of aliphatic hydroxyl groups is 1. The second-order valence-electron chi connectivity index (χ2n) is 3.89. The molecular formula is C12H17NOS. The number of hydrogen-bond donors (Lipinski definition) is 1. The van der Waals surface area contributed by atoms with Crippen LogP contribution in [0.3, 0.4) is 0 Å². The number of nitrogens with zero attached hydrogens (tertiary/aromatic N) is 1. The maximum atomic E-state index is 8.89. The Morgan fingerprint density at radius 2 is 2.33 bits per heavy atom. The molecule has 0 saturated heterocycles. The summed E-state index contributed by atoms with van der Waals surface area (Å²) < 4.78 is 0. The molecule has 1 aliphatic heterocycles. The van der Waals surface area contributed by atoms with E-state index < -0.39 is 0 Å². The number of rotatable bonds is 3. The third-order valence-corrected chi connectivity index (χ3v) is 3.97. The molecule has 0 aliphatic carbocycles. The first-order valence-corrected chi connectivity index (χ1v) is 6.37. The molecule has 1 aliphatic rings. The summed E-state index contributed by atoms with van der Waals surface area (Å²) in [5.41, 5.74) is 2.68. The lowest BCUT2D eigenvalue weighted by Gasteiger charge is -2.21. The highest BCUT2D eigenvalue weighted by Crippen LogP contribution is 2.32. The van der Waals surface area contributed by atoms with Gasteiger partial charge in [-0.25, -0.2) is 0 Å². The van der Waals surface area contributed by atoms with Crippen molar-refractivity contribution in [1.82, 2.24) is 0 Å². The molecule has 1 heterocycles. The van der Waals surface area contributed by atoms with Crippen molar-refractivity contribution >= 4 is 17.4 Å². The topological polar surface area (TPSA) is 23.5 Å². The fourth-order valence-electron chi connectivity index (χ4n) is 1.86. The molecule has 1 N–H and O–H groups in total. The van der Waals surface area contributed by atoms with E-state index in [9.17, 15) is 0 Å². The molecular weight excluding hydrogens is 206 g/mol. The highest BCUT2D eigenvalue weighted by Gasteiger charge is 2.11. The van der Waals surface area contributed by atoms with Gasteiger partial charge in [0.15, 0.2) is 0 Å². The number of anilines is 1. The largest absolute Gasteiger partial charge is 0.395 e. The summed E-state index contributed by atoms with van der Waals surface area (Å²) in [4.78, 5) is 3.53. The van der Waals surface area contributed by atoms with Gasteiger partial charge in [0, 0.05) is 24.2 Å². The van der Waals surface area contributed by atoms with E-state index in [0.717, 1.165) is 0 Å². The fraction of sp³-hybridized carbons (Fsp3) is 0.500. The van der Waals surface area contributed by atoms with Gasteiger partial charge in [0.2, 0.25) is 0 Å². The van der Waals surface area contributed by atoms with Gasteiger partial charge in [-0.15, -0.1) is 11.8 Å². The first kappa shape index (κ1) is 10.8. The average Bonchev–Trinajstić information content (AvgIpc) is 2.29. The number of fused-ring (bicyclic) bond motifs is 1. The van der Waals surface area contributed by atoms with Crippen molar-refractivity contribution in [2.24, 2.45) is 0 Å². The molecule has 1 aromatic rings. The van der Waals surface area contributed by atoms with Crippen molar-refractivity contribution in [2.75, 3.05) is 30.9 Å². The molecule has 0 fully saturated rings. The zero-order valence-electron chi connectivity index (χ0n) is 9.07. The number of hydrogen-bond acceptors (Lipinski definition) is 3. The number of aryl methyl sites for hydroxylation is 1. The van der Waals surface area contributed by atoms with E-state index in [1.165, 1.54) is 34.7 Å². The molecule has 2 rings (SSSR count). The predicted molar refractivity (Wildman–Crippen MR) is 65.8 cm³/mol. The maximum Gasteiger partial charge on any atom is 0.0606 e. The third-order valence-electron chi connectivity index (χ3n) is 2.77. The second kappa shape index (κ2) is 4.90. The summed E-state index contributed by atoms with van der Waals surface area (Å²) in [6.45, 7) is 0.911. The van der Waals surface area contributed by atoms with Gasteiger partial charge in [0.05, 0.1) is 6.61 Å². The monoisotopic (exact) mass is 223 g/mol. The zero-order valence-corrected chi connectivity index (χ0v) is 9.89. The molecule has 1 aromatic carbocycles. The van der Waals surface area contributed by atoms with Crippen LogP contribution in [0.25, 0.3) is 0 Å². The highest BCUT2D eigenvalue weighted by atomic mass is 32.2. The first-order valence-electron chi connectivity index (χ1n) is 5.39. The van der Waals surface area contributed by atoms with Crippen LogP contribution in [0.2, 0.25) is 0 Å². The van der Waals surface area contributed by atoms with Gasteiger partial charge in [-0.2, -0.15) is 0 Å². The van der Waals surface area contributed by atoms with Crippen molar-refractivity contribution in [3.05, 3.63) is 23.8 Å². The fourth-order valence-corrected chi connectivity index (χ4v) is 2.88. The van der Waals surface area contributed by atoms with Crippen molar-refractivity contribution in [3.63, 3.8) is 0 Å². The predicted octanol–water partition coefficient (Wildman–Crippen LogP) is 2.15. The number of likely N-dealkylation sites (N-methyl/N-ethyl adjacent to an activating group) is 1. The van der Waals surface area contributed by atoms with Gasteiger partial charge >= 0.3 is 0 Å². The van der Waals surface area contributed by atoms with E-state index in [1.54, 1.807) is 0 Å². The van der Waals surface area contributed by atoms with Crippen LogP contribution in [0, 0.1) is 0 Å². The maximum absolute atomic E-state index is 8.89. The van der Waals surface area contributed by atoms with Gasteiger partial charge in [-0.3, -0.25) is 0 Å². The standard InChI is InChI=1S/C12H17NOS/c1-13(6-7-14)11-4-5-12-10(9-11)3-2-8-15-12/h4-5,9,14H,2-3,6-8H2,1H3. The smallest absolute Gasteiger partial charge is 0.0606 e. The molecule has 0 aromatic heterocycles. The van der Waals surface area contributed by atoms with E-state index in [1.807, 2.05) is 18.8 Å². The Hall–Kier alpha value is -0.670. The molecule has 0 amide bonds. The summed E-state index contributed by atoms with van der Waals surface area (Å²) >= 11 is 1.95. The van der Waals surface area contributed by atoms with Gasteiger partial charge < -0.3 is 10.0 Å². The Balaban J connectivity index is 2.20. The van der Waals surface area contributed by atoms with Crippen molar-refractivity contribution in [2.45, 2.75) is 17.7 Å². The summed E-state index contributed by atoms with van der Waals surface area (Å²) in [6, 6.07) is 6.62. The van der Waals surface area contributed by atoms with Gasteiger partial charge in [-0.1, -0.05) is 0 Å². The molecule has 0 bridgehead atoms. The Kier molecular flexibility index (Phi) is 3.54. The van der Waals surface area contributed by atoms with E-state index in [0.29, 0.717) is 6.54 Å². The van der Waals surface area contributed by atoms with E-state index in [-0.39, 0.29) is 6.61 Å². The van der Waals surface area contributed by atoms with Crippen molar-refractivity contribution in [1.29, 1.82) is 0 Å². The number of aliphatic hydroxyl groups excluding tert-OH is 1. The van der Waals surface area contributed by atoms with Crippen molar-refractivity contribution < 1.29 is 5.11 Å². The van der Waals surface area contributed by atoms with Crippen LogP contribution in [0.15, 0.2) is 23.1 Å².